The van der Waals surface area contributed by atoms with Crippen molar-refractivity contribution in [2.75, 3.05) is 20.2 Å². The Balaban J connectivity index is 2.00. The quantitative estimate of drug-likeness (QED) is 0.489. The van der Waals surface area contributed by atoms with Crippen molar-refractivity contribution in [1.29, 1.82) is 0 Å². The standard InChI is InChI=1S/C24H28Cl2N2O4/c1-5-28(15-22(29)27-14-17-6-9-19(25)10-7-17)23(30)11-8-18-12-20(26)24(32-16(2)3)21(13-18)31-4/h6-13,16H,5,14-15H2,1-4H3,(H,27,29)/b11-8+. The summed E-state index contributed by atoms with van der Waals surface area (Å²) in [6, 6.07) is 10.6. The Kier molecular flexibility index (Phi) is 9.88. The van der Waals surface area contributed by atoms with Crippen LogP contribution in [0.2, 0.25) is 10.0 Å². The monoisotopic (exact) mass is 478 g/mol. The van der Waals surface area contributed by atoms with E-state index >= 15 is 0 Å². The lowest BCUT2D eigenvalue weighted by Gasteiger charge is -2.19. The molecule has 0 aliphatic rings. The second-order valence-electron chi connectivity index (χ2n) is 7.29. The van der Waals surface area contributed by atoms with E-state index in [0.717, 1.165) is 5.56 Å². The molecule has 0 spiro atoms. The van der Waals surface area contributed by atoms with Crippen molar-refractivity contribution in [3.8, 4) is 11.5 Å². The predicted octanol–water partition coefficient (Wildman–Crippen LogP) is 4.97. The number of hydrogen-bond donors (Lipinski definition) is 1. The van der Waals surface area contributed by atoms with Gasteiger partial charge < -0.3 is 19.7 Å². The molecule has 2 aromatic carbocycles. The Morgan fingerprint density at radius 1 is 1.16 bits per heavy atom. The van der Waals surface area contributed by atoms with Crippen molar-refractivity contribution in [1.82, 2.24) is 10.2 Å². The fourth-order valence-electron chi connectivity index (χ4n) is 2.84. The van der Waals surface area contributed by atoms with Gasteiger partial charge in [0.15, 0.2) is 11.5 Å². The zero-order valence-corrected chi connectivity index (χ0v) is 20.2. The first-order valence-electron chi connectivity index (χ1n) is 10.3. The van der Waals surface area contributed by atoms with Crippen molar-refractivity contribution >= 4 is 41.1 Å². The van der Waals surface area contributed by atoms with E-state index in [1.165, 1.54) is 18.1 Å². The highest BCUT2D eigenvalue weighted by molar-refractivity contribution is 6.32. The number of ether oxygens (including phenoxy) is 2. The van der Waals surface area contributed by atoms with Crippen LogP contribution in [0.15, 0.2) is 42.5 Å². The van der Waals surface area contributed by atoms with Gasteiger partial charge in [-0.15, -0.1) is 0 Å². The van der Waals surface area contributed by atoms with Gasteiger partial charge >= 0.3 is 0 Å². The Hall–Kier alpha value is -2.70. The van der Waals surface area contributed by atoms with Crippen molar-refractivity contribution in [2.45, 2.75) is 33.4 Å². The number of hydrogen-bond acceptors (Lipinski definition) is 4. The van der Waals surface area contributed by atoms with Gasteiger partial charge in [-0.3, -0.25) is 9.59 Å². The summed E-state index contributed by atoms with van der Waals surface area (Å²) in [5, 5.41) is 3.83. The SMILES string of the molecule is CCN(CC(=O)NCc1ccc(Cl)cc1)C(=O)/C=C/c1cc(Cl)c(OC(C)C)c(OC)c1. The highest BCUT2D eigenvalue weighted by Gasteiger charge is 2.15. The second kappa shape index (κ2) is 12.4. The lowest BCUT2D eigenvalue weighted by atomic mass is 10.1. The smallest absolute Gasteiger partial charge is 0.247 e. The number of halogens is 2. The Morgan fingerprint density at radius 3 is 2.44 bits per heavy atom. The van der Waals surface area contributed by atoms with Gasteiger partial charge in [0.1, 0.15) is 0 Å². The molecule has 172 valence electrons. The van der Waals surface area contributed by atoms with Crippen LogP contribution in [-0.4, -0.2) is 43.0 Å². The zero-order valence-electron chi connectivity index (χ0n) is 18.7. The maximum atomic E-state index is 12.6. The molecule has 0 unspecified atom stereocenters. The van der Waals surface area contributed by atoms with Crippen LogP contribution in [0, 0.1) is 0 Å². The summed E-state index contributed by atoms with van der Waals surface area (Å²) >= 11 is 12.2. The first-order valence-corrected chi connectivity index (χ1v) is 11.0. The maximum absolute atomic E-state index is 12.6. The lowest BCUT2D eigenvalue weighted by molar-refractivity contribution is -0.132. The van der Waals surface area contributed by atoms with Crippen molar-refractivity contribution in [3.63, 3.8) is 0 Å². The highest BCUT2D eigenvalue weighted by Crippen LogP contribution is 2.37. The largest absolute Gasteiger partial charge is 0.493 e. The fraction of sp³-hybridized carbons (Fsp3) is 0.333. The summed E-state index contributed by atoms with van der Waals surface area (Å²) in [5.74, 6) is 0.405. The summed E-state index contributed by atoms with van der Waals surface area (Å²) in [6.07, 6.45) is 2.97. The number of benzene rings is 2. The molecule has 6 nitrogen and oxygen atoms in total. The average Bonchev–Trinajstić information content (AvgIpc) is 2.76. The third kappa shape index (κ3) is 7.77. The van der Waals surface area contributed by atoms with E-state index in [4.69, 9.17) is 32.7 Å². The molecule has 2 rings (SSSR count). The molecular weight excluding hydrogens is 451 g/mol. The number of rotatable bonds is 10. The molecule has 8 heteroatoms. The Bertz CT molecular complexity index is 959. The minimum Gasteiger partial charge on any atom is -0.493 e. The summed E-state index contributed by atoms with van der Waals surface area (Å²) in [6.45, 7) is 6.32. The summed E-state index contributed by atoms with van der Waals surface area (Å²) in [4.78, 5) is 26.3. The van der Waals surface area contributed by atoms with Gasteiger partial charge in [0.05, 0.1) is 24.8 Å². The van der Waals surface area contributed by atoms with Crippen molar-refractivity contribution in [2.24, 2.45) is 0 Å². The molecule has 0 saturated heterocycles. The maximum Gasteiger partial charge on any atom is 0.247 e. The number of amides is 2. The number of likely N-dealkylation sites (N-methyl/N-ethyl adjacent to an activating group) is 1. The number of carbonyl (C=O) groups excluding carboxylic acids is 2. The molecule has 0 bridgehead atoms. The average molecular weight is 479 g/mol. The number of nitrogens with zero attached hydrogens (tertiary/aromatic N) is 1. The number of nitrogens with one attached hydrogen (secondary N) is 1. The first kappa shape index (κ1) is 25.6. The van der Waals surface area contributed by atoms with Crippen LogP contribution in [0.3, 0.4) is 0 Å². The van der Waals surface area contributed by atoms with Gasteiger partial charge in [-0.05, 0) is 62.2 Å². The van der Waals surface area contributed by atoms with Gasteiger partial charge in [-0.25, -0.2) is 0 Å². The molecule has 0 aliphatic heterocycles. The topological polar surface area (TPSA) is 67.9 Å². The summed E-state index contributed by atoms with van der Waals surface area (Å²) < 4.78 is 11.1. The molecule has 32 heavy (non-hydrogen) atoms. The van der Waals surface area contributed by atoms with Crippen LogP contribution in [-0.2, 0) is 16.1 Å². The van der Waals surface area contributed by atoms with Crippen LogP contribution < -0.4 is 14.8 Å². The van der Waals surface area contributed by atoms with Gasteiger partial charge in [-0.1, -0.05) is 35.3 Å². The van der Waals surface area contributed by atoms with Crippen LogP contribution in [0.25, 0.3) is 6.08 Å². The van der Waals surface area contributed by atoms with Crippen LogP contribution in [0.1, 0.15) is 31.9 Å². The van der Waals surface area contributed by atoms with Gasteiger partial charge in [0.2, 0.25) is 11.8 Å². The predicted molar refractivity (Wildman–Crippen MR) is 128 cm³/mol. The molecule has 0 atom stereocenters. The van der Waals surface area contributed by atoms with Crippen LogP contribution >= 0.6 is 23.2 Å². The van der Waals surface area contributed by atoms with E-state index in [-0.39, 0.29) is 24.5 Å². The van der Waals surface area contributed by atoms with E-state index in [1.54, 1.807) is 30.3 Å². The van der Waals surface area contributed by atoms with E-state index in [0.29, 0.717) is 40.2 Å². The molecule has 0 heterocycles. The molecule has 0 radical (unpaired) electrons. The van der Waals surface area contributed by atoms with E-state index < -0.39 is 0 Å². The third-order valence-electron chi connectivity index (χ3n) is 4.45. The minimum atomic E-state index is -0.285. The molecule has 0 fully saturated rings. The van der Waals surface area contributed by atoms with E-state index in [9.17, 15) is 9.59 Å². The second-order valence-corrected chi connectivity index (χ2v) is 8.13. The normalized spacial score (nSPS) is 11.0. The Labute approximate surface area is 199 Å². The number of methoxy groups -OCH3 is 1. The molecule has 0 aliphatic carbocycles. The van der Waals surface area contributed by atoms with Crippen LogP contribution in [0.4, 0.5) is 0 Å². The van der Waals surface area contributed by atoms with Crippen molar-refractivity contribution < 1.29 is 19.1 Å². The fourth-order valence-corrected chi connectivity index (χ4v) is 3.23. The highest BCUT2D eigenvalue weighted by atomic mass is 35.5. The van der Waals surface area contributed by atoms with Gasteiger partial charge in [0.25, 0.3) is 0 Å². The number of carbonyl (C=O) groups is 2. The van der Waals surface area contributed by atoms with E-state index in [2.05, 4.69) is 5.32 Å². The van der Waals surface area contributed by atoms with Gasteiger partial charge in [0, 0.05) is 24.2 Å². The molecule has 0 saturated carbocycles. The Morgan fingerprint density at radius 2 is 1.84 bits per heavy atom. The zero-order chi connectivity index (χ0) is 23.7. The third-order valence-corrected chi connectivity index (χ3v) is 4.99. The minimum absolute atomic E-state index is 0.0431. The summed E-state index contributed by atoms with van der Waals surface area (Å²) in [5.41, 5.74) is 1.60. The molecule has 0 aromatic heterocycles. The molecule has 1 N–H and O–H groups in total. The molecular formula is C24H28Cl2N2O4. The lowest BCUT2D eigenvalue weighted by Crippen LogP contribution is -2.39. The van der Waals surface area contributed by atoms with Crippen LogP contribution in [0.5, 0.6) is 11.5 Å². The van der Waals surface area contributed by atoms with Crippen molar-refractivity contribution in [3.05, 3.63) is 63.6 Å². The summed E-state index contributed by atoms with van der Waals surface area (Å²) in [7, 11) is 1.53. The first-order chi connectivity index (χ1) is 15.2. The molecule has 2 amide bonds. The molecule has 2 aromatic rings. The van der Waals surface area contributed by atoms with Gasteiger partial charge in [-0.2, -0.15) is 0 Å². The van der Waals surface area contributed by atoms with E-state index in [1.807, 2.05) is 32.9 Å².